The minimum Gasteiger partial charge on any atom is -0.456 e. The maximum absolute atomic E-state index is 6.04. The molecule has 0 unspecified atom stereocenters. The standard InChI is InChI=1S/C24H15BrO/c25-20-11-8-16(9-12-20)17-4-3-5-18(14-17)19-10-13-22-21-6-1-2-7-23(21)26-24(22)15-19/h1-15H. The lowest BCUT2D eigenvalue weighted by Crippen LogP contribution is -1.81. The molecule has 0 aliphatic heterocycles. The zero-order valence-electron chi connectivity index (χ0n) is 13.9. The molecule has 4 aromatic carbocycles. The van der Waals surface area contributed by atoms with Crippen LogP contribution in [0.25, 0.3) is 44.2 Å². The first-order valence-corrected chi connectivity index (χ1v) is 9.35. The number of hydrogen-bond donors (Lipinski definition) is 0. The van der Waals surface area contributed by atoms with Gasteiger partial charge < -0.3 is 4.42 Å². The van der Waals surface area contributed by atoms with Crippen LogP contribution in [0.3, 0.4) is 0 Å². The van der Waals surface area contributed by atoms with Gasteiger partial charge in [0.15, 0.2) is 0 Å². The first kappa shape index (κ1) is 15.4. The first-order chi connectivity index (χ1) is 12.8. The third-order valence-electron chi connectivity index (χ3n) is 4.75. The molecule has 1 aromatic heterocycles. The van der Waals surface area contributed by atoms with E-state index in [4.69, 9.17) is 4.42 Å². The van der Waals surface area contributed by atoms with Gasteiger partial charge in [0.2, 0.25) is 0 Å². The summed E-state index contributed by atoms with van der Waals surface area (Å²) in [6.45, 7) is 0. The molecule has 0 saturated carbocycles. The fourth-order valence-corrected chi connectivity index (χ4v) is 3.69. The molecule has 0 amide bonds. The molecule has 0 radical (unpaired) electrons. The van der Waals surface area contributed by atoms with E-state index in [0.717, 1.165) is 32.0 Å². The molecule has 1 nitrogen and oxygen atoms in total. The predicted molar refractivity (Wildman–Crippen MR) is 112 cm³/mol. The smallest absolute Gasteiger partial charge is 0.136 e. The summed E-state index contributed by atoms with van der Waals surface area (Å²) in [6, 6.07) is 31.7. The summed E-state index contributed by atoms with van der Waals surface area (Å²) < 4.78 is 7.13. The Balaban J connectivity index is 1.62. The van der Waals surface area contributed by atoms with Crippen molar-refractivity contribution >= 4 is 37.9 Å². The van der Waals surface area contributed by atoms with Gasteiger partial charge >= 0.3 is 0 Å². The Morgan fingerprint density at radius 2 is 1.15 bits per heavy atom. The third-order valence-corrected chi connectivity index (χ3v) is 5.28. The highest BCUT2D eigenvalue weighted by Gasteiger charge is 2.08. The molecule has 5 aromatic rings. The van der Waals surface area contributed by atoms with Crippen LogP contribution < -0.4 is 0 Å². The van der Waals surface area contributed by atoms with Gasteiger partial charge in [-0.2, -0.15) is 0 Å². The largest absolute Gasteiger partial charge is 0.456 e. The normalized spacial score (nSPS) is 11.3. The minimum absolute atomic E-state index is 0.928. The highest BCUT2D eigenvalue weighted by atomic mass is 79.9. The molecule has 0 fully saturated rings. The summed E-state index contributed by atoms with van der Waals surface area (Å²) in [5.41, 5.74) is 6.63. The molecule has 5 rings (SSSR count). The van der Waals surface area contributed by atoms with E-state index in [-0.39, 0.29) is 0 Å². The van der Waals surface area contributed by atoms with E-state index in [1.54, 1.807) is 0 Å². The second kappa shape index (κ2) is 6.15. The van der Waals surface area contributed by atoms with Crippen molar-refractivity contribution in [3.05, 3.63) is 95.5 Å². The summed E-state index contributed by atoms with van der Waals surface area (Å²) in [4.78, 5) is 0. The average Bonchev–Trinajstić information content (AvgIpc) is 3.06. The number of rotatable bonds is 2. The second-order valence-electron chi connectivity index (χ2n) is 6.40. The van der Waals surface area contributed by atoms with E-state index < -0.39 is 0 Å². The van der Waals surface area contributed by atoms with Crippen LogP contribution >= 0.6 is 15.9 Å². The fraction of sp³-hybridized carbons (Fsp3) is 0. The molecule has 124 valence electrons. The van der Waals surface area contributed by atoms with Gasteiger partial charge in [0.1, 0.15) is 11.2 Å². The predicted octanol–water partition coefficient (Wildman–Crippen LogP) is 7.68. The maximum Gasteiger partial charge on any atom is 0.136 e. The van der Waals surface area contributed by atoms with Gasteiger partial charge in [-0.1, -0.05) is 70.5 Å². The van der Waals surface area contributed by atoms with E-state index in [2.05, 4.69) is 88.7 Å². The van der Waals surface area contributed by atoms with Crippen molar-refractivity contribution in [3.8, 4) is 22.3 Å². The Labute approximate surface area is 160 Å². The van der Waals surface area contributed by atoms with Crippen molar-refractivity contribution in [2.24, 2.45) is 0 Å². The summed E-state index contributed by atoms with van der Waals surface area (Å²) in [5.74, 6) is 0. The molecule has 0 N–H and O–H groups in total. The van der Waals surface area contributed by atoms with Crippen LogP contribution in [0.4, 0.5) is 0 Å². The van der Waals surface area contributed by atoms with Crippen molar-refractivity contribution in [2.75, 3.05) is 0 Å². The molecule has 1 heterocycles. The first-order valence-electron chi connectivity index (χ1n) is 8.56. The zero-order valence-corrected chi connectivity index (χ0v) is 15.5. The Morgan fingerprint density at radius 3 is 2.00 bits per heavy atom. The van der Waals surface area contributed by atoms with Crippen LogP contribution in [-0.4, -0.2) is 0 Å². The van der Waals surface area contributed by atoms with E-state index in [1.165, 1.54) is 16.7 Å². The van der Waals surface area contributed by atoms with Gasteiger partial charge in [-0.3, -0.25) is 0 Å². The van der Waals surface area contributed by atoms with Gasteiger partial charge in [-0.05, 0) is 58.7 Å². The Kier molecular flexibility index (Phi) is 3.65. The third kappa shape index (κ3) is 2.63. The second-order valence-corrected chi connectivity index (χ2v) is 7.31. The van der Waals surface area contributed by atoms with Gasteiger partial charge in [0, 0.05) is 15.2 Å². The quantitative estimate of drug-likeness (QED) is 0.297. The van der Waals surface area contributed by atoms with Crippen molar-refractivity contribution in [3.63, 3.8) is 0 Å². The lowest BCUT2D eigenvalue weighted by molar-refractivity contribution is 0.669. The van der Waals surface area contributed by atoms with Gasteiger partial charge in [-0.15, -0.1) is 0 Å². The van der Waals surface area contributed by atoms with E-state index in [0.29, 0.717) is 0 Å². The Bertz CT molecular complexity index is 1230. The molecule has 0 saturated heterocycles. The van der Waals surface area contributed by atoms with E-state index in [1.807, 2.05) is 18.2 Å². The van der Waals surface area contributed by atoms with Crippen molar-refractivity contribution in [1.82, 2.24) is 0 Å². The number of para-hydroxylation sites is 1. The van der Waals surface area contributed by atoms with Crippen molar-refractivity contribution < 1.29 is 4.42 Å². The van der Waals surface area contributed by atoms with Crippen LogP contribution in [0.1, 0.15) is 0 Å². The van der Waals surface area contributed by atoms with Crippen LogP contribution in [0, 0.1) is 0 Å². The molecule has 0 bridgehead atoms. The summed E-state index contributed by atoms with van der Waals surface area (Å²) in [5, 5.41) is 2.33. The lowest BCUT2D eigenvalue weighted by Gasteiger charge is -2.06. The highest BCUT2D eigenvalue weighted by Crippen LogP contribution is 2.33. The molecule has 0 spiro atoms. The summed E-state index contributed by atoms with van der Waals surface area (Å²) in [6.07, 6.45) is 0. The molecule has 0 aliphatic carbocycles. The van der Waals surface area contributed by atoms with E-state index >= 15 is 0 Å². The number of halogens is 1. The number of fused-ring (bicyclic) bond motifs is 3. The fourth-order valence-electron chi connectivity index (χ4n) is 3.43. The molecule has 0 aliphatic rings. The van der Waals surface area contributed by atoms with Gasteiger partial charge in [0.25, 0.3) is 0 Å². The number of hydrogen-bond acceptors (Lipinski definition) is 1. The van der Waals surface area contributed by atoms with E-state index in [9.17, 15) is 0 Å². The molecular weight excluding hydrogens is 384 g/mol. The molecule has 2 heteroatoms. The Morgan fingerprint density at radius 1 is 0.500 bits per heavy atom. The lowest BCUT2D eigenvalue weighted by atomic mass is 9.98. The molecule has 0 atom stereocenters. The minimum atomic E-state index is 0.928. The SMILES string of the molecule is Brc1ccc(-c2cccc(-c3ccc4c(c3)oc3ccccc34)c2)cc1. The van der Waals surface area contributed by atoms with Crippen LogP contribution in [-0.2, 0) is 0 Å². The molecule has 26 heavy (non-hydrogen) atoms. The highest BCUT2D eigenvalue weighted by molar-refractivity contribution is 9.10. The van der Waals surface area contributed by atoms with Gasteiger partial charge in [0.05, 0.1) is 0 Å². The monoisotopic (exact) mass is 398 g/mol. The number of benzene rings is 4. The van der Waals surface area contributed by atoms with Crippen molar-refractivity contribution in [2.45, 2.75) is 0 Å². The topological polar surface area (TPSA) is 13.1 Å². The zero-order chi connectivity index (χ0) is 17.5. The maximum atomic E-state index is 6.04. The summed E-state index contributed by atoms with van der Waals surface area (Å²) in [7, 11) is 0. The number of furan rings is 1. The van der Waals surface area contributed by atoms with Crippen LogP contribution in [0.5, 0.6) is 0 Å². The van der Waals surface area contributed by atoms with Crippen molar-refractivity contribution in [1.29, 1.82) is 0 Å². The van der Waals surface area contributed by atoms with Gasteiger partial charge in [-0.25, -0.2) is 0 Å². The Hall–Kier alpha value is -2.84. The summed E-state index contributed by atoms with van der Waals surface area (Å²) >= 11 is 3.50. The van der Waals surface area contributed by atoms with Crippen LogP contribution in [0.2, 0.25) is 0 Å². The molecular formula is C24H15BrO. The van der Waals surface area contributed by atoms with Crippen LogP contribution in [0.15, 0.2) is 99.9 Å². The average molecular weight is 399 g/mol.